The van der Waals surface area contributed by atoms with Gasteiger partial charge in [-0.1, -0.05) is 56.3 Å². The maximum Gasteiger partial charge on any atom is 0.0512 e. The molecule has 0 unspecified atom stereocenters. The average molecular weight is 285 g/mol. The molecule has 0 fully saturated rings. The van der Waals surface area contributed by atoms with Crippen molar-refractivity contribution in [2.45, 2.75) is 32.1 Å². The molecule has 108 valence electrons. The Labute approximate surface area is 130 Å². The molecule has 0 saturated heterocycles. The lowest BCUT2D eigenvalue weighted by Gasteiger charge is -2.24. The van der Waals surface area contributed by atoms with Crippen LogP contribution in [0.1, 0.15) is 37.8 Å². The summed E-state index contributed by atoms with van der Waals surface area (Å²) in [5.74, 6) is 0. The first-order valence-corrected chi connectivity index (χ1v) is 8.12. The molecule has 22 heavy (non-hydrogen) atoms. The van der Waals surface area contributed by atoms with Gasteiger partial charge in [-0.3, -0.25) is 0 Å². The molecule has 0 radical (unpaired) electrons. The fourth-order valence-corrected chi connectivity index (χ4v) is 4.48. The first-order valence-electron chi connectivity index (χ1n) is 8.12. The Bertz CT molecular complexity index is 995. The Hall–Kier alpha value is -2.28. The minimum atomic E-state index is 0.0853. The largest absolute Gasteiger partial charge is 0.354 e. The predicted octanol–water partition coefficient (Wildman–Crippen LogP) is 5.72. The number of aromatic nitrogens is 1. The third kappa shape index (κ3) is 1.34. The zero-order chi connectivity index (χ0) is 14.9. The molecular weight excluding hydrogens is 266 g/mol. The zero-order valence-electron chi connectivity index (χ0n) is 13.0. The number of fused-ring (bicyclic) bond motifs is 6. The molecular formula is C21H19N. The summed E-state index contributed by atoms with van der Waals surface area (Å²) in [4.78, 5) is 3.69. The zero-order valence-corrected chi connectivity index (χ0v) is 13.0. The Balaban J connectivity index is 1.93. The summed E-state index contributed by atoms with van der Waals surface area (Å²) in [5.41, 5.74) is 8.67. The second kappa shape index (κ2) is 3.92. The highest BCUT2D eigenvalue weighted by molar-refractivity contribution is 6.10. The molecule has 2 aliphatic rings. The first-order chi connectivity index (χ1) is 10.7. The van der Waals surface area contributed by atoms with E-state index in [1.165, 1.54) is 51.3 Å². The number of rotatable bonds is 0. The lowest BCUT2D eigenvalue weighted by molar-refractivity contribution is 0.656. The van der Waals surface area contributed by atoms with E-state index in [1.807, 2.05) is 0 Å². The highest BCUT2D eigenvalue weighted by Gasteiger charge is 2.38. The lowest BCUT2D eigenvalue weighted by Crippen LogP contribution is -2.17. The van der Waals surface area contributed by atoms with Crippen LogP contribution in [0.3, 0.4) is 0 Å². The molecule has 0 atom stereocenters. The van der Waals surface area contributed by atoms with Crippen LogP contribution in [0, 0.1) is 0 Å². The number of para-hydroxylation sites is 1. The van der Waals surface area contributed by atoms with Crippen molar-refractivity contribution in [3.05, 3.63) is 65.3 Å². The fourth-order valence-electron chi connectivity index (χ4n) is 4.48. The molecule has 1 heterocycles. The van der Waals surface area contributed by atoms with Crippen LogP contribution in [-0.4, -0.2) is 4.98 Å². The first kappa shape index (κ1) is 12.3. The van der Waals surface area contributed by atoms with Crippen molar-refractivity contribution in [1.82, 2.24) is 4.98 Å². The van der Waals surface area contributed by atoms with Gasteiger partial charge in [-0.15, -0.1) is 0 Å². The SMILES string of the molecule is CC1(C)C2=C(CCC=C2)c2ccc3c([nH]c4ccccc43)c21. The monoisotopic (exact) mass is 285 g/mol. The molecule has 0 spiro atoms. The lowest BCUT2D eigenvalue weighted by atomic mass is 9.79. The maximum atomic E-state index is 3.69. The summed E-state index contributed by atoms with van der Waals surface area (Å²) in [6.45, 7) is 4.74. The third-order valence-electron chi connectivity index (χ3n) is 5.48. The molecule has 5 rings (SSSR count). The molecule has 2 aliphatic carbocycles. The summed E-state index contributed by atoms with van der Waals surface area (Å²) >= 11 is 0. The van der Waals surface area contributed by atoms with Gasteiger partial charge in [-0.2, -0.15) is 0 Å². The molecule has 2 aromatic carbocycles. The van der Waals surface area contributed by atoms with E-state index >= 15 is 0 Å². The van der Waals surface area contributed by atoms with Crippen molar-refractivity contribution in [2.24, 2.45) is 0 Å². The van der Waals surface area contributed by atoms with Crippen molar-refractivity contribution in [3.63, 3.8) is 0 Å². The number of benzene rings is 2. The second-order valence-corrected chi connectivity index (χ2v) is 7.04. The van der Waals surface area contributed by atoms with Crippen molar-refractivity contribution >= 4 is 27.4 Å². The van der Waals surface area contributed by atoms with Crippen LogP contribution in [0.4, 0.5) is 0 Å². The van der Waals surface area contributed by atoms with Crippen LogP contribution in [0.25, 0.3) is 27.4 Å². The van der Waals surface area contributed by atoms with Crippen molar-refractivity contribution in [2.75, 3.05) is 0 Å². The van der Waals surface area contributed by atoms with Crippen LogP contribution in [-0.2, 0) is 5.41 Å². The predicted molar refractivity (Wildman–Crippen MR) is 94.1 cm³/mol. The van der Waals surface area contributed by atoms with Gasteiger partial charge >= 0.3 is 0 Å². The molecule has 1 heteroatoms. The Morgan fingerprint density at radius 3 is 2.77 bits per heavy atom. The van der Waals surface area contributed by atoms with E-state index in [9.17, 15) is 0 Å². The van der Waals surface area contributed by atoms with E-state index in [-0.39, 0.29) is 5.41 Å². The number of allylic oxidation sites excluding steroid dienone is 4. The summed E-state index contributed by atoms with van der Waals surface area (Å²) in [5, 5.41) is 2.68. The molecule has 0 aliphatic heterocycles. The van der Waals surface area contributed by atoms with Crippen molar-refractivity contribution in [3.8, 4) is 0 Å². The number of hydrogen-bond acceptors (Lipinski definition) is 0. The Morgan fingerprint density at radius 1 is 1.00 bits per heavy atom. The van der Waals surface area contributed by atoms with Gasteiger partial charge in [0, 0.05) is 21.7 Å². The third-order valence-corrected chi connectivity index (χ3v) is 5.48. The highest BCUT2D eigenvalue weighted by Crippen LogP contribution is 2.52. The van der Waals surface area contributed by atoms with E-state index in [0.29, 0.717) is 0 Å². The van der Waals surface area contributed by atoms with Gasteiger partial charge in [-0.25, -0.2) is 0 Å². The van der Waals surface area contributed by atoms with Crippen molar-refractivity contribution in [1.29, 1.82) is 0 Å². The molecule has 3 aromatic rings. The summed E-state index contributed by atoms with van der Waals surface area (Å²) in [6.07, 6.45) is 7.02. The Morgan fingerprint density at radius 2 is 1.86 bits per heavy atom. The van der Waals surface area contributed by atoms with Crippen LogP contribution in [0.15, 0.2) is 54.1 Å². The van der Waals surface area contributed by atoms with Crippen LogP contribution in [0.2, 0.25) is 0 Å². The molecule has 1 N–H and O–H groups in total. The summed E-state index contributed by atoms with van der Waals surface area (Å²) in [7, 11) is 0. The molecule has 0 saturated carbocycles. The number of nitrogens with one attached hydrogen (secondary N) is 1. The maximum absolute atomic E-state index is 3.69. The van der Waals surface area contributed by atoms with E-state index in [0.717, 1.165) is 0 Å². The van der Waals surface area contributed by atoms with Gasteiger partial charge in [0.2, 0.25) is 0 Å². The average Bonchev–Trinajstić information content (AvgIpc) is 3.02. The van der Waals surface area contributed by atoms with Gasteiger partial charge in [0.1, 0.15) is 0 Å². The van der Waals surface area contributed by atoms with Gasteiger partial charge in [0.25, 0.3) is 0 Å². The second-order valence-electron chi connectivity index (χ2n) is 7.04. The van der Waals surface area contributed by atoms with Gasteiger partial charge in [-0.05, 0) is 41.2 Å². The Kier molecular flexibility index (Phi) is 2.19. The van der Waals surface area contributed by atoms with E-state index < -0.39 is 0 Å². The van der Waals surface area contributed by atoms with E-state index in [1.54, 1.807) is 5.57 Å². The summed E-state index contributed by atoms with van der Waals surface area (Å²) in [6, 6.07) is 13.3. The smallest absolute Gasteiger partial charge is 0.0512 e. The van der Waals surface area contributed by atoms with Gasteiger partial charge in [0.15, 0.2) is 0 Å². The van der Waals surface area contributed by atoms with Gasteiger partial charge < -0.3 is 4.98 Å². The fraction of sp³-hybridized carbons (Fsp3) is 0.238. The van der Waals surface area contributed by atoms with Crippen LogP contribution >= 0.6 is 0 Å². The van der Waals surface area contributed by atoms with E-state index in [2.05, 4.69) is 67.4 Å². The number of aromatic amines is 1. The van der Waals surface area contributed by atoms with Crippen molar-refractivity contribution < 1.29 is 0 Å². The van der Waals surface area contributed by atoms with Gasteiger partial charge in [0.05, 0.1) is 5.52 Å². The molecule has 0 bridgehead atoms. The molecule has 1 nitrogen and oxygen atoms in total. The minimum Gasteiger partial charge on any atom is -0.354 e. The number of hydrogen-bond donors (Lipinski definition) is 1. The minimum absolute atomic E-state index is 0.0853. The molecule has 0 amide bonds. The van der Waals surface area contributed by atoms with E-state index in [4.69, 9.17) is 0 Å². The summed E-state index contributed by atoms with van der Waals surface area (Å²) < 4.78 is 0. The van der Waals surface area contributed by atoms with Crippen LogP contribution in [0.5, 0.6) is 0 Å². The topological polar surface area (TPSA) is 15.8 Å². The highest BCUT2D eigenvalue weighted by atomic mass is 14.7. The normalized spacial score (nSPS) is 19.0. The standard InChI is InChI=1S/C21H19N/c1-21(2)17-9-5-3-7-13(17)15-11-12-16-14-8-4-6-10-18(14)22-20(16)19(15)21/h4-6,8-12,22H,3,7H2,1-2H3. The quantitative estimate of drug-likeness (QED) is 0.544. The number of H-pyrrole nitrogens is 1. The molecule has 1 aromatic heterocycles. The van der Waals surface area contributed by atoms with Crippen LogP contribution < -0.4 is 0 Å².